The number of hydrogen-bond donors (Lipinski definition) is 1. The van der Waals surface area contributed by atoms with E-state index in [9.17, 15) is 10.1 Å². The predicted molar refractivity (Wildman–Crippen MR) is 68.8 cm³/mol. The summed E-state index contributed by atoms with van der Waals surface area (Å²) >= 11 is 1.24. The van der Waals surface area contributed by atoms with Crippen LogP contribution >= 0.6 is 11.8 Å². The van der Waals surface area contributed by atoms with Crippen molar-refractivity contribution in [3.05, 3.63) is 46.6 Å². The highest BCUT2D eigenvalue weighted by molar-refractivity contribution is 7.99. The fourth-order valence-corrected chi connectivity index (χ4v) is 2.16. The number of aromatic nitrogens is 2. The normalized spacial score (nSPS) is 10.1. The zero-order valence-electron chi connectivity index (χ0n) is 9.53. The summed E-state index contributed by atoms with van der Waals surface area (Å²) in [6.45, 7) is 0. The molecule has 1 N–H and O–H groups in total. The van der Waals surface area contributed by atoms with Gasteiger partial charge in [-0.2, -0.15) is 4.98 Å². The molecule has 0 saturated carbocycles. The Morgan fingerprint density at radius 3 is 2.67 bits per heavy atom. The Labute approximate surface area is 108 Å². The molecule has 0 bridgehead atoms. The molecule has 0 spiro atoms. The number of nitrogens with one attached hydrogen (secondary N) is 1. The summed E-state index contributed by atoms with van der Waals surface area (Å²) in [6, 6.07) is 9.37. The molecular formula is C11H10N4O2S. The van der Waals surface area contributed by atoms with E-state index >= 15 is 0 Å². The van der Waals surface area contributed by atoms with Crippen molar-refractivity contribution in [1.82, 2.24) is 9.97 Å². The molecule has 0 aliphatic carbocycles. The summed E-state index contributed by atoms with van der Waals surface area (Å²) in [4.78, 5) is 19.3. The van der Waals surface area contributed by atoms with E-state index in [0.717, 1.165) is 4.90 Å². The van der Waals surface area contributed by atoms with Gasteiger partial charge < -0.3 is 5.32 Å². The fraction of sp³-hybridized carbons (Fsp3) is 0.0909. The van der Waals surface area contributed by atoms with Crippen LogP contribution < -0.4 is 5.32 Å². The van der Waals surface area contributed by atoms with Gasteiger partial charge in [0.05, 0.1) is 4.92 Å². The number of rotatable bonds is 4. The molecule has 0 fully saturated rings. The molecule has 1 aromatic heterocycles. The first-order chi connectivity index (χ1) is 8.70. The number of nitrogens with zero attached hydrogens (tertiary/aromatic N) is 3. The van der Waals surface area contributed by atoms with Crippen LogP contribution in [0.15, 0.2) is 46.5 Å². The molecule has 0 amide bonds. The Morgan fingerprint density at radius 1 is 1.33 bits per heavy atom. The second kappa shape index (κ2) is 5.46. The average Bonchev–Trinajstić information content (AvgIpc) is 2.39. The van der Waals surface area contributed by atoms with Gasteiger partial charge in [0.2, 0.25) is 5.95 Å². The topological polar surface area (TPSA) is 81.0 Å². The molecule has 0 radical (unpaired) electrons. The number of anilines is 1. The van der Waals surface area contributed by atoms with Crippen molar-refractivity contribution < 1.29 is 4.92 Å². The van der Waals surface area contributed by atoms with Gasteiger partial charge in [0.15, 0.2) is 5.03 Å². The van der Waals surface area contributed by atoms with Crippen LogP contribution in [-0.2, 0) is 0 Å². The Hall–Kier alpha value is -2.15. The van der Waals surface area contributed by atoms with Crippen LogP contribution in [0.1, 0.15) is 0 Å². The molecule has 6 nitrogen and oxygen atoms in total. The molecule has 2 rings (SSSR count). The molecule has 92 valence electrons. The largest absolute Gasteiger partial charge is 0.357 e. The van der Waals surface area contributed by atoms with Gasteiger partial charge in [-0.3, -0.25) is 10.1 Å². The molecule has 0 aliphatic rings. The third kappa shape index (κ3) is 2.75. The standard InChI is InChI=1S/C11H10N4O2S/c1-12-11-13-7-9(15(16)17)10(14-11)18-8-5-3-2-4-6-8/h2-7H,1H3,(H,12,13,14). The van der Waals surface area contributed by atoms with Gasteiger partial charge >= 0.3 is 5.69 Å². The molecule has 0 aliphatic heterocycles. The lowest BCUT2D eigenvalue weighted by Crippen LogP contribution is -2.00. The molecule has 1 heterocycles. The van der Waals surface area contributed by atoms with Gasteiger partial charge in [0.25, 0.3) is 0 Å². The Balaban J connectivity index is 2.38. The van der Waals surface area contributed by atoms with Gasteiger partial charge in [-0.25, -0.2) is 4.98 Å². The van der Waals surface area contributed by atoms with E-state index < -0.39 is 4.92 Å². The zero-order valence-corrected chi connectivity index (χ0v) is 10.3. The maximum atomic E-state index is 10.9. The van der Waals surface area contributed by atoms with Crippen molar-refractivity contribution in [2.24, 2.45) is 0 Å². The summed E-state index contributed by atoms with van der Waals surface area (Å²) in [6.07, 6.45) is 1.21. The first-order valence-electron chi connectivity index (χ1n) is 5.13. The third-order valence-electron chi connectivity index (χ3n) is 2.11. The lowest BCUT2D eigenvalue weighted by Gasteiger charge is -2.03. The quantitative estimate of drug-likeness (QED) is 0.518. The molecule has 0 unspecified atom stereocenters. The van der Waals surface area contributed by atoms with Crippen LogP contribution in [0, 0.1) is 10.1 Å². The lowest BCUT2D eigenvalue weighted by atomic mass is 10.4. The van der Waals surface area contributed by atoms with Crippen LogP contribution in [0.4, 0.5) is 11.6 Å². The van der Waals surface area contributed by atoms with Crippen LogP contribution in [0.2, 0.25) is 0 Å². The lowest BCUT2D eigenvalue weighted by molar-refractivity contribution is -0.388. The Kier molecular flexibility index (Phi) is 3.73. The number of nitro groups is 1. The highest BCUT2D eigenvalue weighted by Crippen LogP contribution is 2.32. The third-order valence-corrected chi connectivity index (χ3v) is 3.12. The second-order valence-electron chi connectivity index (χ2n) is 3.31. The first-order valence-corrected chi connectivity index (χ1v) is 5.94. The van der Waals surface area contributed by atoms with Gasteiger partial charge in [0.1, 0.15) is 6.20 Å². The maximum absolute atomic E-state index is 10.9. The summed E-state index contributed by atoms with van der Waals surface area (Å²) in [5.41, 5.74) is -0.0946. The highest BCUT2D eigenvalue weighted by Gasteiger charge is 2.18. The average molecular weight is 262 g/mol. The van der Waals surface area contributed by atoms with E-state index in [2.05, 4.69) is 15.3 Å². The molecular weight excluding hydrogens is 252 g/mol. The molecule has 0 saturated heterocycles. The van der Waals surface area contributed by atoms with Gasteiger partial charge in [-0.15, -0.1) is 0 Å². The van der Waals surface area contributed by atoms with Crippen molar-refractivity contribution in [3.8, 4) is 0 Å². The van der Waals surface area contributed by atoms with Crippen LogP contribution in [-0.4, -0.2) is 21.9 Å². The van der Waals surface area contributed by atoms with Crippen LogP contribution in [0.3, 0.4) is 0 Å². The zero-order chi connectivity index (χ0) is 13.0. The van der Waals surface area contributed by atoms with Crippen molar-refractivity contribution in [2.75, 3.05) is 12.4 Å². The smallest absolute Gasteiger partial charge is 0.320 e. The number of benzene rings is 1. The summed E-state index contributed by atoms with van der Waals surface area (Å²) in [5.74, 6) is 0.360. The van der Waals surface area contributed by atoms with Gasteiger partial charge in [-0.05, 0) is 12.1 Å². The first kappa shape index (κ1) is 12.3. The van der Waals surface area contributed by atoms with Crippen LogP contribution in [0.25, 0.3) is 0 Å². The Morgan fingerprint density at radius 2 is 2.06 bits per heavy atom. The van der Waals surface area contributed by atoms with E-state index in [1.165, 1.54) is 18.0 Å². The van der Waals surface area contributed by atoms with E-state index in [1.54, 1.807) is 7.05 Å². The monoisotopic (exact) mass is 262 g/mol. The van der Waals surface area contributed by atoms with E-state index in [0.29, 0.717) is 11.0 Å². The maximum Gasteiger partial charge on any atom is 0.320 e. The summed E-state index contributed by atoms with van der Waals surface area (Å²) < 4.78 is 0. The van der Waals surface area contributed by atoms with E-state index in [1.807, 2.05) is 30.3 Å². The fourth-order valence-electron chi connectivity index (χ4n) is 1.28. The van der Waals surface area contributed by atoms with E-state index in [4.69, 9.17) is 0 Å². The highest BCUT2D eigenvalue weighted by atomic mass is 32.2. The molecule has 7 heteroatoms. The van der Waals surface area contributed by atoms with E-state index in [-0.39, 0.29) is 5.69 Å². The molecule has 0 atom stereocenters. The van der Waals surface area contributed by atoms with Crippen molar-refractivity contribution in [3.63, 3.8) is 0 Å². The minimum atomic E-state index is -0.481. The minimum Gasteiger partial charge on any atom is -0.357 e. The van der Waals surface area contributed by atoms with Gasteiger partial charge in [-0.1, -0.05) is 30.0 Å². The number of hydrogen-bond acceptors (Lipinski definition) is 6. The van der Waals surface area contributed by atoms with Crippen LogP contribution in [0.5, 0.6) is 0 Å². The molecule has 18 heavy (non-hydrogen) atoms. The Bertz CT molecular complexity index is 562. The van der Waals surface area contributed by atoms with Crippen molar-refractivity contribution in [1.29, 1.82) is 0 Å². The summed E-state index contributed by atoms with van der Waals surface area (Å²) in [7, 11) is 1.66. The molecule has 2 aromatic rings. The van der Waals surface area contributed by atoms with Crippen molar-refractivity contribution in [2.45, 2.75) is 9.92 Å². The second-order valence-corrected chi connectivity index (χ2v) is 4.37. The van der Waals surface area contributed by atoms with Crippen molar-refractivity contribution >= 4 is 23.4 Å². The summed E-state index contributed by atoms with van der Waals surface area (Å²) in [5, 5.41) is 14.0. The SMILES string of the molecule is CNc1ncc([N+](=O)[O-])c(Sc2ccccc2)n1. The minimum absolute atomic E-state index is 0.0946. The van der Waals surface area contributed by atoms with Gasteiger partial charge in [0, 0.05) is 11.9 Å². The molecule has 1 aromatic carbocycles. The predicted octanol–water partition coefficient (Wildman–Crippen LogP) is 2.58.